The van der Waals surface area contributed by atoms with Gasteiger partial charge in [-0.15, -0.1) is 0 Å². The van der Waals surface area contributed by atoms with Gasteiger partial charge in [-0.3, -0.25) is 9.59 Å². The van der Waals surface area contributed by atoms with E-state index >= 15 is 0 Å². The number of amides is 1. The molecule has 1 aliphatic rings. The molecule has 1 amide bonds. The molecule has 0 radical (unpaired) electrons. The minimum Gasteiger partial charge on any atom is -0.463 e. The molecule has 0 spiro atoms. The van der Waals surface area contributed by atoms with Crippen molar-refractivity contribution in [2.75, 3.05) is 6.54 Å². The molecule has 0 unspecified atom stereocenters. The van der Waals surface area contributed by atoms with Gasteiger partial charge in [-0.05, 0) is 49.2 Å². The first-order chi connectivity index (χ1) is 16.6. The molecule has 4 rings (SSSR count). The molecular formula is C26H23F3N3O3+. The molecule has 0 fully saturated rings. The maximum atomic E-state index is 13.5. The second-order valence-corrected chi connectivity index (χ2v) is 8.74. The number of benzene rings is 2. The van der Waals surface area contributed by atoms with Gasteiger partial charge in [-0.25, -0.2) is 13.2 Å². The van der Waals surface area contributed by atoms with E-state index < -0.39 is 34.3 Å². The fourth-order valence-corrected chi connectivity index (χ4v) is 3.90. The van der Waals surface area contributed by atoms with Crippen LogP contribution in [0.5, 0.6) is 0 Å². The minimum atomic E-state index is -1.58. The number of hydrogen-bond donors (Lipinski definition) is 3. The Morgan fingerprint density at radius 2 is 1.86 bits per heavy atom. The first-order valence-electron chi connectivity index (χ1n) is 10.8. The van der Waals surface area contributed by atoms with E-state index in [0.717, 1.165) is 33.5 Å². The monoisotopic (exact) mass is 482 g/mol. The van der Waals surface area contributed by atoms with Crippen LogP contribution < -0.4 is 15.9 Å². The van der Waals surface area contributed by atoms with Gasteiger partial charge in [0.2, 0.25) is 5.69 Å². The lowest BCUT2D eigenvalue weighted by Crippen LogP contribution is -2.65. The summed E-state index contributed by atoms with van der Waals surface area (Å²) in [5, 5.41) is 12.7. The van der Waals surface area contributed by atoms with Gasteiger partial charge in [0.1, 0.15) is 11.0 Å². The summed E-state index contributed by atoms with van der Waals surface area (Å²) in [6, 6.07) is 10.1. The third kappa shape index (κ3) is 4.75. The molecule has 3 N–H and O–H groups in total. The fraction of sp³-hybridized carbons (Fsp3) is 0.192. The van der Waals surface area contributed by atoms with Crippen LogP contribution in [-0.2, 0) is 12.0 Å². The molecule has 0 saturated heterocycles. The smallest absolute Gasteiger partial charge is 0.348 e. The lowest BCUT2D eigenvalue weighted by Gasteiger charge is -2.12. The number of rotatable bonds is 6. The summed E-state index contributed by atoms with van der Waals surface area (Å²) in [7, 11) is 0. The van der Waals surface area contributed by atoms with Crippen molar-refractivity contribution >= 4 is 23.6 Å². The lowest BCUT2D eigenvalue weighted by atomic mass is 9.85. The lowest BCUT2D eigenvalue weighted by molar-refractivity contribution is -0.362. The zero-order chi connectivity index (χ0) is 25.3. The van der Waals surface area contributed by atoms with Crippen molar-refractivity contribution in [3.8, 4) is 0 Å². The number of halogens is 3. The third-order valence-electron chi connectivity index (χ3n) is 5.91. The Labute approximate surface area is 199 Å². The zero-order valence-electron chi connectivity index (χ0n) is 19.0. The highest BCUT2D eigenvalue weighted by atomic mass is 19.2. The number of hydrogen-bond acceptors (Lipinski definition) is 2. The summed E-state index contributed by atoms with van der Waals surface area (Å²) in [6.07, 6.45) is 4.89. The summed E-state index contributed by atoms with van der Waals surface area (Å²) in [4.78, 5) is 28.2. The number of aliphatic hydroxyl groups is 1. The van der Waals surface area contributed by atoms with E-state index in [2.05, 4.69) is 10.3 Å². The van der Waals surface area contributed by atoms with E-state index in [0.29, 0.717) is 0 Å². The van der Waals surface area contributed by atoms with Crippen molar-refractivity contribution in [3.05, 3.63) is 105 Å². The van der Waals surface area contributed by atoms with Crippen molar-refractivity contribution in [1.82, 2.24) is 9.88 Å². The molecule has 0 atom stereocenters. The van der Waals surface area contributed by atoms with E-state index in [1.807, 2.05) is 32.0 Å². The molecule has 1 aliphatic heterocycles. The van der Waals surface area contributed by atoms with Crippen molar-refractivity contribution in [2.24, 2.45) is 0 Å². The van der Waals surface area contributed by atoms with Crippen LogP contribution in [-0.4, -0.2) is 28.0 Å². The third-order valence-corrected chi connectivity index (χ3v) is 5.91. The number of aliphatic hydroxyl groups excluding tert-OH is 1. The molecule has 0 bridgehead atoms. The Hall–Kier alpha value is -4.14. The number of nitrogens with zero attached hydrogens (tertiary/aromatic N) is 1. The number of aromatic nitrogens is 1. The standard InChI is InChI=1S/C26H22F3N3O3/c1-26(2)18-8-7-15(13-21(18)31-25(26)35)5-3-9-30-23(33)17-6-4-10-32(24(17)34)14-16-11-19(27)22(29)20(28)12-16/h3-8,10-13H,9,14H2,1-2H3,(H,30,33)(H,31,35)/p+1/b5-3+. The van der Waals surface area contributed by atoms with Gasteiger partial charge in [0.15, 0.2) is 17.5 Å². The Kier molecular flexibility index (Phi) is 6.34. The van der Waals surface area contributed by atoms with Gasteiger partial charge in [0.25, 0.3) is 11.5 Å². The Morgan fingerprint density at radius 3 is 2.57 bits per heavy atom. The molecule has 35 heavy (non-hydrogen) atoms. The predicted molar refractivity (Wildman–Crippen MR) is 125 cm³/mol. The maximum absolute atomic E-state index is 13.5. The predicted octanol–water partition coefficient (Wildman–Crippen LogP) is 2.72. The Bertz CT molecular complexity index is 1420. The first-order valence-corrected chi connectivity index (χ1v) is 10.8. The highest BCUT2D eigenvalue weighted by molar-refractivity contribution is 5.94. The van der Waals surface area contributed by atoms with Gasteiger partial charge in [0.05, 0.1) is 6.54 Å². The Balaban J connectivity index is 1.42. The second kappa shape index (κ2) is 9.25. The average molecular weight is 482 g/mol. The number of nitrogens with one attached hydrogen (secondary N) is 2. The summed E-state index contributed by atoms with van der Waals surface area (Å²) in [6.45, 7) is 3.75. The van der Waals surface area contributed by atoms with Gasteiger partial charge >= 0.3 is 5.90 Å². The maximum Gasteiger partial charge on any atom is 0.348 e. The van der Waals surface area contributed by atoms with Crippen LogP contribution >= 0.6 is 0 Å². The van der Waals surface area contributed by atoms with Crippen LogP contribution in [0.2, 0.25) is 0 Å². The normalized spacial score (nSPS) is 14.1. The summed E-state index contributed by atoms with van der Waals surface area (Å²) < 4.78 is 41.2. The molecule has 180 valence electrons. The molecule has 9 heteroatoms. The van der Waals surface area contributed by atoms with Crippen molar-refractivity contribution in [2.45, 2.75) is 25.8 Å². The molecule has 2 aromatic carbocycles. The largest absolute Gasteiger partial charge is 0.463 e. The van der Waals surface area contributed by atoms with Crippen LogP contribution in [0.1, 0.15) is 40.9 Å². The molecule has 0 aliphatic carbocycles. The molecule has 3 aromatic rings. The molecule has 0 saturated carbocycles. The molecule has 1 aromatic heterocycles. The Morgan fingerprint density at radius 1 is 1.14 bits per heavy atom. The quantitative estimate of drug-likeness (QED) is 0.473. The number of pyridine rings is 1. The highest BCUT2D eigenvalue weighted by Crippen LogP contribution is 2.31. The van der Waals surface area contributed by atoms with E-state index in [-0.39, 0.29) is 30.1 Å². The van der Waals surface area contributed by atoms with Gasteiger partial charge in [-0.1, -0.05) is 24.3 Å². The summed E-state index contributed by atoms with van der Waals surface area (Å²) in [5.74, 6) is -4.72. The van der Waals surface area contributed by atoms with Crippen LogP contribution in [0.4, 0.5) is 18.9 Å². The number of carbonyl (C=O) groups excluding carboxylic acids is 1. The molecule has 2 heterocycles. The summed E-state index contributed by atoms with van der Waals surface area (Å²) in [5.41, 5.74) is 1.42. The summed E-state index contributed by atoms with van der Waals surface area (Å²) >= 11 is 0. The van der Waals surface area contributed by atoms with Crippen molar-refractivity contribution in [3.63, 3.8) is 0 Å². The van der Waals surface area contributed by atoms with Crippen LogP contribution in [0.15, 0.2) is 59.5 Å². The first kappa shape index (κ1) is 24.0. The molecular weight excluding hydrogens is 459 g/mol. The van der Waals surface area contributed by atoms with Crippen molar-refractivity contribution in [1.29, 1.82) is 0 Å². The SMILES string of the molecule is CC1(C)C(O)=[NH+]c2cc(/C=C/CNC(=O)c3cccn(Cc4cc(F)c(F)c(F)c4)c3=O)ccc21. The molecule has 6 nitrogen and oxygen atoms in total. The van der Waals surface area contributed by atoms with E-state index in [9.17, 15) is 27.9 Å². The second-order valence-electron chi connectivity index (χ2n) is 8.74. The topological polar surface area (TPSA) is 85.3 Å². The minimum absolute atomic E-state index is 0.0436. The highest BCUT2D eigenvalue weighted by Gasteiger charge is 2.41. The van der Waals surface area contributed by atoms with E-state index in [4.69, 9.17) is 0 Å². The van der Waals surface area contributed by atoms with Crippen LogP contribution in [0, 0.1) is 17.5 Å². The number of carbonyl (C=O) groups is 1. The van der Waals surface area contributed by atoms with Crippen LogP contribution in [0.25, 0.3) is 6.08 Å². The fourth-order valence-electron chi connectivity index (χ4n) is 3.90. The van der Waals surface area contributed by atoms with Gasteiger partial charge in [-0.2, -0.15) is 4.99 Å². The zero-order valence-corrected chi connectivity index (χ0v) is 19.0. The van der Waals surface area contributed by atoms with Gasteiger partial charge in [0, 0.05) is 24.4 Å². The van der Waals surface area contributed by atoms with E-state index in [1.165, 1.54) is 18.3 Å². The van der Waals surface area contributed by atoms with E-state index in [1.54, 1.807) is 12.2 Å². The van der Waals surface area contributed by atoms with Gasteiger partial charge < -0.3 is 15.0 Å². The van der Waals surface area contributed by atoms with Crippen LogP contribution in [0.3, 0.4) is 0 Å². The average Bonchev–Trinajstić information content (AvgIpc) is 3.03. The number of fused-ring (bicyclic) bond motifs is 1. The van der Waals surface area contributed by atoms with Crippen molar-refractivity contribution < 1.29 is 28.1 Å².